The minimum atomic E-state index is 1.00. The van der Waals surface area contributed by atoms with Crippen molar-refractivity contribution in [3.63, 3.8) is 0 Å². The molecule has 0 saturated heterocycles. The maximum Gasteiger partial charge on any atom is -0.00132 e. The summed E-state index contributed by atoms with van der Waals surface area (Å²) in [5, 5.41) is 2.64. The van der Waals surface area contributed by atoms with Crippen molar-refractivity contribution in [1.82, 2.24) is 0 Å². The van der Waals surface area contributed by atoms with Crippen molar-refractivity contribution in [2.75, 3.05) is 0 Å². The highest BCUT2D eigenvalue weighted by Crippen LogP contribution is 2.43. The number of rotatable bonds is 4. The first kappa shape index (κ1) is 21.4. The molecule has 0 saturated carbocycles. The molecule has 0 atom stereocenters. The third-order valence-electron chi connectivity index (χ3n) is 7.09. The molecule has 0 aromatic heterocycles. The summed E-state index contributed by atoms with van der Waals surface area (Å²) in [4.78, 5) is 0. The van der Waals surface area contributed by atoms with E-state index >= 15 is 0 Å². The van der Waals surface area contributed by atoms with Crippen molar-refractivity contribution < 1.29 is 0 Å². The zero-order valence-corrected chi connectivity index (χ0v) is 20.3. The molecule has 0 bridgehead atoms. The predicted molar refractivity (Wildman–Crippen MR) is 152 cm³/mol. The van der Waals surface area contributed by atoms with E-state index in [0.29, 0.717) is 0 Å². The summed E-state index contributed by atoms with van der Waals surface area (Å²) in [5.74, 6) is 0. The fraction of sp³-hybridized carbons (Fsp3) is 0.0857. The van der Waals surface area contributed by atoms with E-state index in [-0.39, 0.29) is 0 Å². The average Bonchev–Trinajstić information content (AvgIpc) is 3.26. The zero-order chi connectivity index (χ0) is 23.8. The Hall–Kier alpha value is -4.16. The molecule has 6 rings (SSSR count). The summed E-state index contributed by atoms with van der Waals surface area (Å²) in [6.45, 7) is 4.12. The molecule has 0 fully saturated rings. The second-order valence-electron chi connectivity index (χ2n) is 9.29. The minimum Gasteiger partial charge on any atom is -0.0871 e. The fourth-order valence-electron chi connectivity index (χ4n) is 5.41. The summed E-state index contributed by atoms with van der Waals surface area (Å²) >= 11 is 0. The van der Waals surface area contributed by atoms with Crippen molar-refractivity contribution in [3.05, 3.63) is 131 Å². The van der Waals surface area contributed by atoms with Gasteiger partial charge in [-0.15, -0.1) is 0 Å². The second kappa shape index (κ2) is 8.89. The van der Waals surface area contributed by atoms with Gasteiger partial charge in [0.05, 0.1) is 0 Å². The topological polar surface area (TPSA) is 0 Å². The van der Waals surface area contributed by atoms with E-state index in [1.54, 1.807) is 0 Å². The first-order valence-corrected chi connectivity index (χ1v) is 12.4. The van der Waals surface area contributed by atoms with Crippen LogP contribution in [-0.2, 0) is 6.42 Å². The van der Waals surface area contributed by atoms with Gasteiger partial charge in [0.2, 0.25) is 0 Å². The third-order valence-corrected chi connectivity index (χ3v) is 7.09. The summed E-state index contributed by atoms with van der Waals surface area (Å²) in [6, 6.07) is 36.1. The molecule has 0 heteroatoms. The lowest BCUT2D eigenvalue weighted by Crippen LogP contribution is -1.90. The summed E-state index contributed by atoms with van der Waals surface area (Å²) < 4.78 is 0. The average molecular weight is 449 g/mol. The van der Waals surface area contributed by atoms with Crippen LogP contribution in [0.25, 0.3) is 56.3 Å². The Labute approximate surface area is 207 Å². The van der Waals surface area contributed by atoms with E-state index in [9.17, 15) is 0 Å². The lowest BCUT2D eigenvalue weighted by atomic mass is 9.89. The molecule has 5 aromatic rings. The summed E-state index contributed by atoms with van der Waals surface area (Å²) in [6.07, 6.45) is 9.46. The molecule has 35 heavy (non-hydrogen) atoms. The predicted octanol–water partition coefficient (Wildman–Crippen LogP) is 9.81. The Kier molecular flexibility index (Phi) is 5.43. The smallest absolute Gasteiger partial charge is 0.00132 e. The van der Waals surface area contributed by atoms with Crippen molar-refractivity contribution >= 4 is 22.9 Å². The van der Waals surface area contributed by atoms with Gasteiger partial charge in [0.15, 0.2) is 0 Å². The molecule has 0 radical (unpaired) electrons. The molecular formula is C35H28. The van der Waals surface area contributed by atoms with Gasteiger partial charge in [-0.1, -0.05) is 109 Å². The molecule has 1 aliphatic rings. The first-order chi connectivity index (χ1) is 17.2. The summed E-state index contributed by atoms with van der Waals surface area (Å²) in [7, 11) is 0. The van der Waals surface area contributed by atoms with E-state index < -0.39 is 0 Å². The van der Waals surface area contributed by atoms with E-state index in [0.717, 1.165) is 6.42 Å². The molecule has 0 spiro atoms. The molecule has 1 aliphatic carbocycles. The van der Waals surface area contributed by atoms with E-state index in [2.05, 4.69) is 135 Å². The SMILES string of the molecule is C/C=C/c1ccc(-c2ccc(-c3ccc(/C=C/C)cc3)c3cc4c(cc23)Cc2ccccc2-4)cc1. The lowest BCUT2D eigenvalue weighted by molar-refractivity contribution is 1.27. The second-order valence-corrected chi connectivity index (χ2v) is 9.29. The van der Waals surface area contributed by atoms with Crippen molar-refractivity contribution in [2.24, 2.45) is 0 Å². The quantitative estimate of drug-likeness (QED) is 0.252. The van der Waals surface area contributed by atoms with E-state index in [1.165, 1.54) is 66.4 Å². The van der Waals surface area contributed by atoms with Crippen LogP contribution in [0.15, 0.2) is 109 Å². The van der Waals surface area contributed by atoms with E-state index in [4.69, 9.17) is 0 Å². The normalized spacial score (nSPS) is 12.5. The monoisotopic (exact) mass is 448 g/mol. The van der Waals surface area contributed by atoms with Crippen LogP contribution in [0.5, 0.6) is 0 Å². The minimum absolute atomic E-state index is 1.00. The van der Waals surface area contributed by atoms with Gasteiger partial charge in [0.25, 0.3) is 0 Å². The molecule has 0 nitrogen and oxygen atoms in total. The number of hydrogen-bond acceptors (Lipinski definition) is 0. The molecular weight excluding hydrogens is 420 g/mol. The molecule has 0 amide bonds. The molecule has 0 N–H and O–H groups in total. The Morgan fingerprint density at radius 1 is 0.486 bits per heavy atom. The van der Waals surface area contributed by atoms with Crippen molar-refractivity contribution in [2.45, 2.75) is 20.3 Å². The van der Waals surface area contributed by atoms with Crippen LogP contribution in [0.3, 0.4) is 0 Å². The van der Waals surface area contributed by atoms with Crippen molar-refractivity contribution in [3.8, 4) is 33.4 Å². The van der Waals surface area contributed by atoms with Crippen LogP contribution >= 0.6 is 0 Å². The van der Waals surface area contributed by atoms with Gasteiger partial charge in [-0.3, -0.25) is 0 Å². The van der Waals surface area contributed by atoms with Crippen LogP contribution in [-0.4, -0.2) is 0 Å². The Balaban J connectivity index is 1.58. The van der Waals surface area contributed by atoms with Crippen LogP contribution in [0.1, 0.15) is 36.1 Å². The van der Waals surface area contributed by atoms with Gasteiger partial charge in [-0.25, -0.2) is 0 Å². The molecule has 0 aliphatic heterocycles. The number of benzene rings is 5. The highest BCUT2D eigenvalue weighted by molar-refractivity contribution is 6.07. The number of allylic oxidation sites excluding steroid dienone is 2. The van der Waals surface area contributed by atoms with Gasteiger partial charge < -0.3 is 0 Å². The third kappa shape index (κ3) is 3.82. The highest BCUT2D eigenvalue weighted by atomic mass is 14.2. The van der Waals surface area contributed by atoms with Crippen LogP contribution in [0, 0.1) is 0 Å². The van der Waals surface area contributed by atoms with Gasteiger partial charge in [-0.2, -0.15) is 0 Å². The van der Waals surface area contributed by atoms with Crippen LogP contribution in [0.2, 0.25) is 0 Å². The summed E-state index contributed by atoms with van der Waals surface area (Å²) in [5.41, 5.74) is 13.1. The zero-order valence-electron chi connectivity index (χ0n) is 20.3. The molecule has 5 aromatic carbocycles. The van der Waals surface area contributed by atoms with Crippen LogP contribution in [0.4, 0.5) is 0 Å². The maximum absolute atomic E-state index is 2.44. The maximum atomic E-state index is 2.44. The van der Waals surface area contributed by atoms with Gasteiger partial charge in [0.1, 0.15) is 0 Å². The standard InChI is InChI=1S/C35H28/c1-3-7-24-11-15-26(16-12-24)31-19-20-32(27-17-13-25(8-4-2)14-18-27)35-23-33-29(22-34(31)35)21-28-9-5-6-10-30(28)33/h3-20,22-23H,21H2,1-2H3/b7-3+,8-4+. The lowest BCUT2D eigenvalue weighted by Gasteiger charge is -2.15. The Morgan fingerprint density at radius 3 is 1.60 bits per heavy atom. The Bertz CT molecular complexity index is 1590. The fourth-order valence-corrected chi connectivity index (χ4v) is 5.41. The van der Waals surface area contributed by atoms with Gasteiger partial charge in [-0.05, 0) is 98.8 Å². The molecule has 0 unspecified atom stereocenters. The van der Waals surface area contributed by atoms with E-state index in [1.807, 2.05) is 0 Å². The number of fused-ring (bicyclic) bond motifs is 4. The molecule has 168 valence electrons. The first-order valence-electron chi connectivity index (χ1n) is 12.4. The number of hydrogen-bond donors (Lipinski definition) is 0. The Morgan fingerprint density at radius 2 is 1.03 bits per heavy atom. The largest absolute Gasteiger partial charge is 0.0871 e. The van der Waals surface area contributed by atoms with Crippen LogP contribution < -0.4 is 0 Å². The van der Waals surface area contributed by atoms with Gasteiger partial charge in [0, 0.05) is 0 Å². The highest BCUT2D eigenvalue weighted by Gasteiger charge is 2.21. The van der Waals surface area contributed by atoms with Gasteiger partial charge >= 0.3 is 0 Å². The molecule has 0 heterocycles. The van der Waals surface area contributed by atoms with Crippen molar-refractivity contribution in [1.29, 1.82) is 0 Å².